The average Bonchev–Trinajstić information content (AvgIpc) is 2.56. The molecule has 0 bridgehead atoms. The molecular weight excluding hydrogens is 230 g/mol. The van der Waals surface area contributed by atoms with Gasteiger partial charge in [-0.3, -0.25) is 9.59 Å². The van der Waals surface area contributed by atoms with Crippen molar-refractivity contribution in [3.8, 4) is 0 Å². The number of carboxylic acids is 1. The molecule has 2 aliphatic rings. The summed E-state index contributed by atoms with van der Waals surface area (Å²) < 4.78 is 0. The summed E-state index contributed by atoms with van der Waals surface area (Å²) in [7, 11) is 0. The van der Waals surface area contributed by atoms with Gasteiger partial charge in [0.2, 0.25) is 5.91 Å². The number of aliphatic carboxylic acids is 1. The zero-order valence-corrected chi connectivity index (χ0v) is 11.1. The molecule has 1 aliphatic carbocycles. The zero-order chi connectivity index (χ0) is 13.1. The molecule has 3 atom stereocenters. The van der Waals surface area contributed by atoms with Crippen LogP contribution < -0.4 is 0 Å². The number of hydrogen-bond donors (Lipinski definition) is 1. The van der Waals surface area contributed by atoms with E-state index >= 15 is 0 Å². The van der Waals surface area contributed by atoms with E-state index in [1.54, 1.807) is 0 Å². The highest BCUT2D eigenvalue weighted by Gasteiger charge is 2.42. The largest absolute Gasteiger partial charge is 0.481 e. The lowest BCUT2D eigenvalue weighted by molar-refractivity contribution is -0.149. The van der Waals surface area contributed by atoms with Gasteiger partial charge in [0.05, 0.1) is 11.8 Å². The molecule has 1 saturated heterocycles. The van der Waals surface area contributed by atoms with Crippen LogP contribution >= 0.6 is 0 Å². The summed E-state index contributed by atoms with van der Waals surface area (Å²) in [6, 6.07) is 0. The van der Waals surface area contributed by atoms with E-state index in [4.69, 9.17) is 0 Å². The highest BCUT2D eigenvalue weighted by atomic mass is 16.4. The molecule has 1 aliphatic heterocycles. The Kier molecular flexibility index (Phi) is 4.25. The first kappa shape index (κ1) is 13.4. The lowest BCUT2D eigenvalue weighted by Crippen LogP contribution is -2.39. The third kappa shape index (κ3) is 2.85. The van der Waals surface area contributed by atoms with Crippen LogP contribution in [0, 0.1) is 17.8 Å². The first-order valence-corrected chi connectivity index (χ1v) is 7.11. The van der Waals surface area contributed by atoms with Crippen LogP contribution in [0.3, 0.4) is 0 Å². The predicted octanol–water partition coefficient (Wildman–Crippen LogP) is 2.14. The zero-order valence-electron chi connectivity index (χ0n) is 11.1. The second-order valence-corrected chi connectivity index (χ2v) is 5.87. The van der Waals surface area contributed by atoms with Gasteiger partial charge in [0.25, 0.3) is 0 Å². The lowest BCUT2D eigenvalue weighted by atomic mass is 9.94. The predicted molar refractivity (Wildman–Crippen MR) is 68.1 cm³/mol. The van der Waals surface area contributed by atoms with Crippen molar-refractivity contribution < 1.29 is 14.7 Å². The monoisotopic (exact) mass is 253 g/mol. The van der Waals surface area contributed by atoms with E-state index in [9.17, 15) is 14.7 Å². The van der Waals surface area contributed by atoms with Crippen LogP contribution in [-0.4, -0.2) is 35.0 Å². The molecule has 18 heavy (non-hydrogen) atoms. The molecule has 1 saturated carbocycles. The quantitative estimate of drug-likeness (QED) is 0.820. The topological polar surface area (TPSA) is 57.6 Å². The summed E-state index contributed by atoms with van der Waals surface area (Å²) in [4.78, 5) is 25.6. The maximum Gasteiger partial charge on any atom is 0.307 e. The van der Waals surface area contributed by atoms with Crippen molar-refractivity contribution in [1.82, 2.24) is 4.90 Å². The fourth-order valence-corrected chi connectivity index (χ4v) is 3.36. The Morgan fingerprint density at radius 3 is 2.11 bits per heavy atom. The third-order valence-corrected chi connectivity index (χ3v) is 4.35. The smallest absolute Gasteiger partial charge is 0.307 e. The number of amides is 1. The molecule has 1 N–H and O–H groups in total. The molecule has 1 amide bonds. The highest BCUT2D eigenvalue weighted by molar-refractivity contribution is 5.85. The molecule has 4 nitrogen and oxygen atoms in total. The summed E-state index contributed by atoms with van der Waals surface area (Å²) in [6.07, 6.45) is 5.89. The van der Waals surface area contributed by atoms with Gasteiger partial charge < -0.3 is 10.0 Å². The van der Waals surface area contributed by atoms with Crippen LogP contribution in [0.1, 0.15) is 45.4 Å². The molecular formula is C14H23NO3. The van der Waals surface area contributed by atoms with Crippen LogP contribution in [0.2, 0.25) is 0 Å². The molecule has 0 spiro atoms. The van der Waals surface area contributed by atoms with Gasteiger partial charge in [-0.1, -0.05) is 19.8 Å². The van der Waals surface area contributed by atoms with Crippen molar-refractivity contribution in [1.29, 1.82) is 0 Å². The van der Waals surface area contributed by atoms with E-state index < -0.39 is 11.9 Å². The van der Waals surface area contributed by atoms with Crippen molar-refractivity contribution in [2.45, 2.75) is 45.4 Å². The Bertz CT molecular complexity index is 321. The minimum Gasteiger partial charge on any atom is -0.481 e. The van der Waals surface area contributed by atoms with Crippen LogP contribution in [0.4, 0.5) is 0 Å². The summed E-state index contributed by atoms with van der Waals surface area (Å²) in [6.45, 7) is 3.68. The molecule has 1 unspecified atom stereocenters. The second kappa shape index (κ2) is 5.72. The van der Waals surface area contributed by atoms with Gasteiger partial charge in [-0.05, 0) is 31.6 Å². The summed E-state index contributed by atoms with van der Waals surface area (Å²) in [5.74, 6) is -1.10. The van der Waals surface area contributed by atoms with E-state index in [2.05, 4.69) is 0 Å². The van der Waals surface area contributed by atoms with E-state index in [0.717, 1.165) is 32.4 Å². The lowest BCUT2D eigenvalue weighted by Gasteiger charge is -2.25. The molecule has 1 heterocycles. The van der Waals surface area contributed by atoms with E-state index in [0.29, 0.717) is 12.3 Å². The fourth-order valence-electron chi connectivity index (χ4n) is 3.36. The fraction of sp³-hybridized carbons (Fsp3) is 0.857. The van der Waals surface area contributed by atoms with Gasteiger partial charge in [-0.2, -0.15) is 0 Å². The summed E-state index contributed by atoms with van der Waals surface area (Å²) >= 11 is 0. The SMILES string of the molecule is CC1C[C@H](C(=O)N2CCCCCC2)[C@H](C(=O)O)C1. The summed E-state index contributed by atoms with van der Waals surface area (Å²) in [5.41, 5.74) is 0. The maximum absolute atomic E-state index is 12.5. The van der Waals surface area contributed by atoms with Gasteiger partial charge >= 0.3 is 5.97 Å². The highest BCUT2D eigenvalue weighted by Crippen LogP contribution is 2.37. The van der Waals surface area contributed by atoms with Crippen molar-refractivity contribution >= 4 is 11.9 Å². The molecule has 0 aromatic rings. The normalized spacial score (nSPS) is 33.2. The van der Waals surface area contributed by atoms with Crippen molar-refractivity contribution in [2.24, 2.45) is 17.8 Å². The molecule has 0 radical (unpaired) electrons. The van der Waals surface area contributed by atoms with Crippen LogP contribution in [0.5, 0.6) is 0 Å². The Morgan fingerprint density at radius 1 is 1.00 bits per heavy atom. The second-order valence-electron chi connectivity index (χ2n) is 5.87. The minimum atomic E-state index is -0.799. The third-order valence-electron chi connectivity index (χ3n) is 4.35. The Hall–Kier alpha value is -1.06. The first-order valence-electron chi connectivity index (χ1n) is 7.11. The van der Waals surface area contributed by atoms with Crippen LogP contribution in [0.25, 0.3) is 0 Å². The number of hydrogen-bond acceptors (Lipinski definition) is 2. The van der Waals surface area contributed by atoms with E-state index in [1.165, 1.54) is 12.8 Å². The number of likely N-dealkylation sites (tertiary alicyclic amines) is 1. The molecule has 0 aromatic carbocycles. The minimum absolute atomic E-state index is 0.0913. The number of carboxylic acid groups (broad SMARTS) is 1. The van der Waals surface area contributed by atoms with Crippen LogP contribution in [0.15, 0.2) is 0 Å². The number of carbonyl (C=O) groups excluding carboxylic acids is 1. The van der Waals surface area contributed by atoms with Crippen LogP contribution in [-0.2, 0) is 9.59 Å². The first-order chi connectivity index (χ1) is 8.59. The van der Waals surface area contributed by atoms with Crippen molar-refractivity contribution in [3.63, 3.8) is 0 Å². The van der Waals surface area contributed by atoms with Gasteiger partial charge in [-0.25, -0.2) is 0 Å². The molecule has 102 valence electrons. The number of carbonyl (C=O) groups is 2. The molecule has 2 rings (SSSR count). The van der Waals surface area contributed by atoms with Crippen molar-refractivity contribution in [2.75, 3.05) is 13.1 Å². The molecule has 0 aromatic heterocycles. The molecule has 2 fully saturated rings. The Labute approximate surface area is 108 Å². The van der Waals surface area contributed by atoms with Gasteiger partial charge in [0.15, 0.2) is 0 Å². The van der Waals surface area contributed by atoms with E-state index in [-0.39, 0.29) is 11.8 Å². The standard InChI is InChI=1S/C14H23NO3/c1-10-8-11(12(9-10)14(17)18)13(16)15-6-4-2-3-5-7-15/h10-12H,2-9H2,1H3,(H,17,18)/t10?,11-,12+/m0/s1. The number of rotatable bonds is 2. The Balaban J connectivity index is 2.04. The maximum atomic E-state index is 12.5. The molecule has 4 heteroatoms. The average molecular weight is 253 g/mol. The van der Waals surface area contributed by atoms with Gasteiger partial charge in [0.1, 0.15) is 0 Å². The van der Waals surface area contributed by atoms with Crippen molar-refractivity contribution in [3.05, 3.63) is 0 Å². The number of nitrogens with zero attached hydrogens (tertiary/aromatic N) is 1. The summed E-state index contributed by atoms with van der Waals surface area (Å²) in [5, 5.41) is 9.23. The Morgan fingerprint density at radius 2 is 1.56 bits per heavy atom. The van der Waals surface area contributed by atoms with E-state index in [1.807, 2.05) is 11.8 Å². The van der Waals surface area contributed by atoms with Gasteiger partial charge in [0, 0.05) is 13.1 Å². The van der Waals surface area contributed by atoms with Gasteiger partial charge in [-0.15, -0.1) is 0 Å².